The number of ether oxygens (including phenoxy) is 2. The lowest BCUT2D eigenvalue weighted by molar-refractivity contribution is 0.0872. The molecule has 1 aliphatic rings. The van der Waals surface area contributed by atoms with Crippen molar-refractivity contribution in [1.29, 1.82) is 0 Å². The predicted molar refractivity (Wildman–Crippen MR) is 77.6 cm³/mol. The summed E-state index contributed by atoms with van der Waals surface area (Å²) in [5, 5.41) is 0. The molecular weight excluding hydrogens is 292 g/mol. The first-order valence-corrected chi connectivity index (χ1v) is 7.55. The van der Waals surface area contributed by atoms with Crippen molar-refractivity contribution in [3.05, 3.63) is 29.8 Å². The van der Waals surface area contributed by atoms with E-state index in [1.165, 1.54) is 5.56 Å². The van der Waals surface area contributed by atoms with Gasteiger partial charge in [0.05, 0.1) is 13.2 Å². The molecule has 0 radical (unpaired) electrons. The van der Waals surface area contributed by atoms with Crippen LogP contribution in [0.25, 0.3) is 0 Å². The highest BCUT2D eigenvalue weighted by molar-refractivity contribution is 9.09. The van der Waals surface area contributed by atoms with E-state index in [9.17, 15) is 0 Å². The largest absolute Gasteiger partial charge is 0.496 e. The summed E-state index contributed by atoms with van der Waals surface area (Å²) in [6, 6.07) is 8.25. The molecule has 100 valence electrons. The molecule has 3 heteroatoms. The van der Waals surface area contributed by atoms with E-state index in [1.54, 1.807) is 7.11 Å². The molecule has 3 atom stereocenters. The lowest BCUT2D eigenvalue weighted by Crippen LogP contribution is -2.25. The summed E-state index contributed by atoms with van der Waals surface area (Å²) in [5.74, 6) is 1.59. The molecule has 1 fully saturated rings. The maximum absolute atomic E-state index is 5.77. The molecule has 0 bridgehead atoms. The maximum Gasteiger partial charge on any atom is 0.122 e. The van der Waals surface area contributed by atoms with Gasteiger partial charge in [-0.1, -0.05) is 41.1 Å². The first kappa shape index (κ1) is 13.9. The zero-order valence-corrected chi connectivity index (χ0v) is 12.7. The molecule has 2 rings (SSSR count). The Hall–Kier alpha value is -0.540. The highest BCUT2D eigenvalue weighted by atomic mass is 79.9. The van der Waals surface area contributed by atoms with Gasteiger partial charge in [0.15, 0.2) is 0 Å². The van der Waals surface area contributed by atoms with Crippen LogP contribution in [0.5, 0.6) is 5.75 Å². The fraction of sp³-hybridized carbons (Fsp3) is 0.600. The second kappa shape index (κ2) is 6.58. The third kappa shape index (κ3) is 3.07. The lowest BCUT2D eigenvalue weighted by Gasteiger charge is -2.23. The molecule has 1 aromatic carbocycles. The summed E-state index contributed by atoms with van der Waals surface area (Å²) in [6.45, 7) is 3.10. The summed E-state index contributed by atoms with van der Waals surface area (Å²) in [6.07, 6.45) is 3.65. The Morgan fingerprint density at radius 1 is 1.44 bits per heavy atom. The van der Waals surface area contributed by atoms with Crippen LogP contribution in [-0.2, 0) is 11.2 Å². The number of hydrogen-bond acceptors (Lipinski definition) is 2. The Bertz CT molecular complexity index is 381. The molecule has 2 nitrogen and oxygen atoms in total. The standard InChI is InChI=1S/C15H21BrO2/c1-3-14-12(8-9-18-14)13(16)10-11-6-4-5-7-15(11)17-2/h4-7,12-14H,3,8-10H2,1-2H3. The average molecular weight is 313 g/mol. The number of hydrogen-bond donors (Lipinski definition) is 0. The first-order valence-electron chi connectivity index (χ1n) is 6.63. The van der Waals surface area contributed by atoms with E-state index in [-0.39, 0.29) is 0 Å². The zero-order valence-electron chi connectivity index (χ0n) is 11.1. The van der Waals surface area contributed by atoms with Gasteiger partial charge in [0.2, 0.25) is 0 Å². The van der Waals surface area contributed by atoms with Crippen LogP contribution in [0.3, 0.4) is 0 Å². The fourth-order valence-electron chi connectivity index (χ4n) is 2.73. The fourth-order valence-corrected chi connectivity index (χ4v) is 3.69. The molecule has 1 aliphatic heterocycles. The average Bonchev–Trinajstić information content (AvgIpc) is 2.87. The Kier molecular flexibility index (Phi) is 5.07. The number of halogens is 1. The SMILES string of the molecule is CCC1OCCC1C(Br)Cc1ccccc1OC. The molecule has 0 aliphatic carbocycles. The van der Waals surface area contributed by atoms with Crippen LogP contribution in [-0.4, -0.2) is 24.6 Å². The number of alkyl halides is 1. The van der Waals surface area contributed by atoms with E-state index in [0.29, 0.717) is 16.8 Å². The molecule has 1 heterocycles. The summed E-state index contributed by atoms with van der Waals surface area (Å²) >= 11 is 3.85. The van der Waals surface area contributed by atoms with Gasteiger partial charge in [0.25, 0.3) is 0 Å². The topological polar surface area (TPSA) is 18.5 Å². The smallest absolute Gasteiger partial charge is 0.122 e. The van der Waals surface area contributed by atoms with Crippen LogP contribution < -0.4 is 4.74 Å². The predicted octanol–water partition coefficient (Wildman–Crippen LogP) is 3.82. The van der Waals surface area contributed by atoms with Gasteiger partial charge in [-0.15, -0.1) is 0 Å². The molecule has 0 saturated carbocycles. The number of para-hydroxylation sites is 1. The maximum atomic E-state index is 5.77. The van der Waals surface area contributed by atoms with Gasteiger partial charge in [0, 0.05) is 17.4 Å². The van der Waals surface area contributed by atoms with Crippen molar-refractivity contribution >= 4 is 15.9 Å². The van der Waals surface area contributed by atoms with Crippen LogP contribution in [0.1, 0.15) is 25.3 Å². The Morgan fingerprint density at radius 2 is 2.22 bits per heavy atom. The Balaban J connectivity index is 2.04. The van der Waals surface area contributed by atoms with Crippen molar-refractivity contribution in [1.82, 2.24) is 0 Å². The molecule has 1 aromatic rings. The summed E-state index contributed by atoms with van der Waals surface area (Å²) in [7, 11) is 1.73. The number of methoxy groups -OCH3 is 1. The van der Waals surface area contributed by atoms with Crippen LogP contribution >= 0.6 is 15.9 Å². The normalized spacial score (nSPS) is 25.1. The van der Waals surface area contributed by atoms with E-state index in [2.05, 4.69) is 35.0 Å². The summed E-state index contributed by atoms with van der Waals surface area (Å²) in [5.41, 5.74) is 1.27. The third-order valence-electron chi connectivity index (χ3n) is 3.74. The molecule has 0 spiro atoms. The van der Waals surface area contributed by atoms with Gasteiger partial charge in [0.1, 0.15) is 5.75 Å². The van der Waals surface area contributed by atoms with E-state index in [0.717, 1.165) is 31.6 Å². The van der Waals surface area contributed by atoms with E-state index in [4.69, 9.17) is 9.47 Å². The highest BCUT2D eigenvalue weighted by Gasteiger charge is 2.32. The molecule has 1 saturated heterocycles. The van der Waals surface area contributed by atoms with Gasteiger partial charge >= 0.3 is 0 Å². The van der Waals surface area contributed by atoms with Crippen molar-refractivity contribution in [2.45, 2.75) is 37.1 Å². The molecule has 0 amide bonds. The Labute approximate surface area is 118 Å². The van der Waals surface area contributed by atoms with Crippen molar-refractivity contribution in [3.8, 4) is 5.75 Å². The molecule has 18 heavy (non-hydrogen) atoms. The van der Waals surface area contributed by atoms with Gasteiger partial charge < -0.3 is 9.47 Å². The Morgan fingerprint density at radius 3 is 2.94 bits per heavy atom. The highest BCUT2D eigenvalue weighted by Crippen LogP contribution is 2.33. The van der Waals surface area contributed by atoms with E-state index < -0.39 is 0 Å². The van der Waals surface area contributed by atoms with Crippen molar-refractivity contribution in [2.75, 3.05) is 13.7 Å². The second-order valence-electron chi connectivity index (χ2n) is 4.80. The van der Waals surface area contributed by atoms with Crippen molar-refractivity contribution in [3.63, 3.8) is 0 Å². The van der Waals surface area contributed by atoms with E-state index >= 15 is 0 Å². The van der Waals surface area contributed by atoms with Gasteiger partial charge in [-0.3, -0.25) is 0 Å². The summed E-state index contributed by atoms with van der Waals surface area (Å²) in [4.78, 5) is 0.459. The minimum atomic E-state index is 0.407. The lowest BCUT2D eigenvalue weighted by atomic mass is 9.92. The van der Waals surface area contributed by atoms with E-state index in [1.807, 2.05) is 12.1 Å². The second-order valence-corrected chi connectivity index (χ2v) is 5.98. The molecular formula is C15H21BrO2. The molecule has 0 aromatic heterocycles. The minimum Gasteiger partial charge on any atom is -0.496 e. The van der Waals surface area contributed by atoms with Gasteiger partial charge in [-0.25, -0.2) is 0 Å². The first-order chi connectivity index (χ1) is 8.76. The van der Waals surface area contributed by atoms with Crippen LogP contribution in [0.4, 0.5) is 0 Å². The monoisotopic (exact) mass is 312 g/mol. The number of rotatable bonds is 5. The molecule has 3 unspecified atom stereocenters. The van der Waals surface area contributed by atoms with Gasteiger partial charge in [-0.05, 0) is 30.9 Å². The summed E-state index contributed by atoms with van der Waals surface area (Å²) < 4.78 is 11.2. The minimum absolute atomic E-state index is 0.407. The van der Waals surface area contributed by atoms with Crippen molar-refractivity contribution in [2.24, 2.45) is 5.92 Å². The van der Waals surface area contributed by atoms with Crippen LogP contribution in [0.2, 0.25) is 0 Å². The van der Waals surface area contributed by atoms with Crippen LogP contribution in [0, 0.1) is 5.92 Å². The van der Waals surface area contributed by atoms with Gasteiger partial charge in [-0.2, -0.15) is 0 Å². The van der Waals surface area contributed by atoms with Crippen molar-refractivity contribution < 1.29 is 9.47 Å². The van der Waals surface area contributed by atoms with Crippen LogP contribution in [0.15, 0.2) is 24.3 Å². The molecule has 0 N–H and O–H groups in total. The third-order valence-corrected chi connectivity index (χ3v) is 4.74. The quantitative estimate of drug-likeness (QED) is 0.770. The number of benzene rings is 1. The zero-order chi connectivity index (χ0) is 13.0.